The van der Waals surface area contributed by atoms with Gasteiger partial charge in [0.15, 0.2) is 16.7 Å². The molecule has 24 heavy (non-hydrogen) atoms. The lowest BCUT2D eigenvalue weighted by atomic mass is 10.1. The standard InChI is InChI=1S/C17H19FN2O3S/c1-10(23-8-11-3-4-11)16(21)20-17-19-14(9-24-17)12-5-6-15(22-2)13(18)7-12/h5-7,9-11H,3-4,8H2,1-2H3,(H,19,20,21). The molecule has 7 heteroatoms. The van der Waals surface area contributed by atoms with E-state index in [2.05, 4.69) is 10.3 Å². The molecule has 1 aliphatic rings. The van der Waals surface area contributed by atoms with Gasteiger partial charge in [0.25, 0.3) is 5.91 Å². The number of rotatable bonds is 7. The molecular weight excluding hydrogens is 331 g/mol. The maximum absolute atomic E-state index is 13.8. The molecule has 1 fully saturated rings. The van der Waals surface area contributed by atoms with Crippen molar-refractivity contribution in [3.8, 4) is 17.0 Å². The van der Waals surface area contributed by atoms with Gasteiger partial charge in [-0.25, -0.2) is 9.37 Å². The summed E-state index contributed by atoms with van der Waals surface area (Å²) in [6.45, 7) is 2.36. The summed E-state index contributed by atoms with van der Waals surface area (Å²) in [7, 11) is 1.42. The van der Waals surface area contributed by atoms with E-state index in [0.717, 1.165) is 0 Å². The number of aromatic nitrogens is 1. The highest BCUT2D eigenvalue weighted by Crippen LogP contribution is 2.30. The molecule has 1 aliphatic carbocycles. The second-order valence-corrected chi connectivity index (χ2v) is 6.65. The number of carbonyl (C=O) groups excluding carboxylic acids is 1. The second kappa shape index (κ2) is 7.27. The van der Waals surface area contributed by atoms with Gasteiger partial charge in [0.2, 0.25) is 0 Å². The lowest BCUT2D eigenvalue weighted by Crippen LogP contribution is -2.28. The number of ether oxygens (including phenoxy) is 2. The predicted octanol–water partition coefficient (Wildman–Crippen LogP) is 3.71. The van der Waals surface area contributed by atoms with E-state index in [-0.39, 0.29) is 11.7 Å². The molecule has 0 bridgehead atoms. The summed E-state index contributed by atoms with van der Waals surface area (Å²) in [5, 5.41) is 4.97. The largest absolute Gasteiger partial charge is 0.494 e. The Labute approximate surface area is 143 Å². The van der Waals surface area contributed by atoms with Crippen molar-refractivity contribution in [3.05, 3.63) is 29.4 Å². The first-order chi connectivity index (χ1) is 11.6. The summed E-state index contributed by atoms with van der Waals surface area (Å²) in [5.41, 5.74) is 1.23. The zero-order valence-corrected chi connectivity index (χ0v) is 14.4. The van der Waals surface area contributed by atoms with E-state index in [1.807, 2.05) is 0 Å². The summed E-state index contributed by atoms with van der Waals surface area (Å²) in [6.07, 6.45) is 1.85. The molecule has 0 saturated heterocycles. The fourth-order valence-electron chi connectivity index (χ4n) is 2.14. The van der Waals surface area contributed by atoms with Gasteiger partial charge in [-0.3, -0.25) is 10.1 Å². The Morgan fingerprint density at radius 2 is 2.29 bits per heavy atom. The van der Waals surface area contributed by atoms with Gasteiger partial charge >= 0.3 is 0 Å². The first kappa shape index (κ1) is 16.9. The number of methoxy groups -OCH3 is 1. The van der Waals surface area contributed by atoms with Crippen LogP contribution in [0.15, 0.2) is 23.6 Å². The Balaban J connectivity index is 1.62. The van der Waals surface area contributed by atoms with E-state index >= 15 is 0 Å². The minimum atomic E-state index is -0.517. The molecule has 1 heterocycles. The Morgan fingerprint density at radius 3 is 2.96 bits per heavy atom. The molecule has 1 N–H and O–H groups in total. The molecule has 1 aromatic heterocycles. The van der Waals surface area contributed by atoms with Gasteiger partial charge in [-0.2, -0.15) is 0 Å². The number of nitrogens with one attached hydrogen (secondary N) is 1. The normalized spacial score (nSPS) is 15.1. The predicted molar refractivity (Wildman–Crippen MR) is 90.8 cm³/mol. The van der Waals surface area contributed by atoms with Gasteiger partial charge < -0.3 is 9.47 Å². The summed E-state index contributed by atoms with van der Waals surface area (Å²) in [6, 6.07) is 4.64. The van der Waals surface area contributed by atoms with Crippen LogP contribution in [0, 0.1) is 11.7 Å². The van der Waals surface area contributed by atoms with Crippen LogP contribution in [0.3, 0.4) is 0 Å². The molecule has 0 radical (unpaired) electrons. The Hall–Kier alpha value is -1.99. The van der Waals surface area contributed by atoms with E-state index in [4.69, 9.17) is 9.47 Å². The summed E-state index contributed by atoms with van der Waals surface area (Å²) >= 11 is 1.29. The van der Waals surface area contributed by atoms with Crippen molar-refractivity contribution in [1.82, 2.24) is 4.98 Å². The molecular formula is C17H19FN2O3S. The van der Waals surface area contributed by atoms with Crippen molar-refractivity contribution in [2.75, 3.05) is 19.0 Å². The highest BCUT2D eigenvalue weighted by atomic mass is 32.1. The topological polar surface area (TPSA) is 60.5 Å². The van der Waals surface area contributed by atoms with Crippen LogP contribution >= 0.6 is 11.3 Å². The molecule has 1 amide bonds. The Kier molecular flexibility index (Phi) is 5.11. The summed E-state index contributed by atoms with van der Waals surface area (Å²) < 4.78 is 24.2. The number of benzene rings is 1. The lowest BCUT2D eigenvalue weighted by molar-refractivity contribution is -0.126. The zero-order valence-electron chi connectivity index (χ0n) is 13.5. The highest BCUT2D eigenvalue weighted by molar-refractivity contribution is 7.14. The first-order valence-electron chi connectivity index (χ1n) is 7.78. The van der Waals surface area contributed by atoms with Crippen LogP contribution in [-0.4, -0.2) is 30.7 Å². The van der Waals surface area contributed by atoms with Crippen molar-refractivity contribution in [3.63, 3.8) is 0 Å². The lowest BCUT2D eigenvalue weighted by Gasteiger charge is -2.11. The van der Waals surface area contributed by atoms with Gasteiger partial charge in [0, 0.05) is 10.9 Å². The van der Waals surface area contributed by atoms with E-state index in [1.165, 1.54) is 37.4 Å². The third-order valence-electron chi connectivity index (χ3n) is 3.83. The molecule has 5 nitrogen and oxygen atoms in total. The van der Waals surface area contributed by atoms with Crippen molar-refractivity contribution >= 4 is 22.4 Å². The molecule has 0 aliphatic heterocycles. The smallest absolute Gasteiger partial charge is 0.254 e. The minimum Gasteiger partial charge on any atom is -0.494 e. The monoisotopic (exact) mass is 350 g/mol. The fourth-order valence-corrected chi connectivity index (χ4v) is 2.86. The average molecular weight is 350 g/mol. The van der Waals surface area contributed by atoms with Gasteiger partial charge in [0.1, 0.15) is 6.10 Å². The van der Waals surface area contributed by atoms with Crippen molar-refractivity contribution in [2.45, 2.75) is 25.9 Å². The SMILES string of the molecule is COc1ccc(-c2csc(NC(=O)C(C)OCC3CC3)n2)cc1F. The second-order valence-electron chi connectivity index (χ2n) is 5.80. The number of thiazole rings is 1. The number of carbonyl (C=O) groups is 1. The third kappa shape index (κ3) is 4.10. The van der Waals surface area contributed by atoms with Crippen molar-refractivity contribution < 1.29 is 18.7 Å². The summed E-state index contributed by atoms with van der Waals surface area (Å²) in [4.78, 5) is 16.4. The first-order valence-corrected chi connectivity index (χ1v) is 8.66. The van der Waals surface area contributed by atoms with E-state index in [0.29, 0.717) is 28.9 Å². The Bertz CT molecular complexity index is 730. The van der Waals surface area contributed by atoms with Crippen LogP contribution in [-0.2, 0) is 9.53 Å². The maximum atomic E-state index is 13.8. The Morgan fingerprint density at radius 1 is 1.50 bits per heavy atom. The number of hydrogen-bond donors (Lipinski definition) is 1. The molecule has 128 valence electrons. The van der Waals surface area contributed by atoms with Crippen molar-refractivity contribution in [1.29, 1.82) is 0 Å². The molecule has 0 spiro atoms. The molecule has 1 atom stereocenters. The minimum absolute atomic E-state index is 0.184. The number of amides is 1. The number of hydrogen-bond acceptors (Lipinski definition) is 5. The van der Waals surface area contributed by atoms with Crippen molar-refractivity contribution in [2.24, 2.45) is 5.92 Å². The average Bonchev–Trinajstić information content (AvgIpc) is 3.29. The van der Waals surface area contributed by atoms with Gasteiger partial charge in [-0.05, 0) is 43.9 Å². The molecule has 2 aromatic rings. The van der Waals surface area contributed by atoms with Crippen LogP contribution in [0.5, 0.6) is 5.75 Å². The van der Waals surface area contributed by atoms with E-state index < -0.39 is 11.9 Å². The molecule has 1 saturated carbocycles. The van der Waals surface area contributed by atoms with Crippen LogP contribution < -0.4 is 10.1 Å². The number of nitrogens with zero attached hydrogens (tertiary/aromatic N) is 1. The van der Waals surface area contributed by atoms with Gasteiger partial charge in [-0.1, -0.05) is 0 Å². The van der Waals surface area contributed by atoms with Crippen LogP contribution in [0.4, 0.5) is 9.52 Å². The fraction of sp³-hybridized carbons (Fsp3) is 0.412. The van der Waals surface area contributed by atoms with Crippen LogP contribution in [0.1, 0.15) is 19.8 Å². The van der Waals surface area contributed by atoms with Gasteiger partial charge in [-0.15, -0.1) is 11.3 Å². The molecule has 3 rings (SSSR count). The van der Waals surface area contributed by atoms with E-state index in [1.54, 1.807) is 24.4 Å². The molecule has 1 unspecified atom stereocenters. The van der Waals surface area contributed by atoms with Crippen LogP contribution in [0.2, 0.25) is 0 Å². The quantitative estimate of drug-likeness (QED) is 0.827. The highest BCUT2D eigenvalue weighted by Gasteiger charge is 2.24. The number of halogens is 1. The van der Waals surface area contributed by atoms with Gasteiger partial charge in [0.05, 0.1) is 19.4 Å². The summed E-state index contributed by atoms with van der Waals surface area (Å²) in [5.74, 6) is 0.119. The maximum Gasteiger partial charge on any atom is 0.254 e. The molecule has 1 aromatic carbocycles. The third-order valence-corrected chi connectivity index (χ3v) is 4.59. The number of anilines is 1. The zero-order chi connectivity index (χ0) is 17.1. The van der Waals surface area contributed by atoms with E-state index in [9.17, 15) is 9.18 Å². The van der Waals surface area contributed by atoms with Crippen LogP contribution in [0.25, 0.3) is 11.3 Å².